The second-order valence-corrected chi connectivity index (χ2v) is 3.77. The number of benzene rings is 1. The van der Waals surface area contributed by atoms with Crippen LogP contribution in [0.3, 0.4) is 0 Å². The molecule has 0 saturated carbocycles. The Morgan fingerprint density at radius 1 is 1.37 bits per heavy atom. The van der Waals surface area contributed by atoms with E-state index >= 15 is 0 Å². The molecule has 19 heavy (non-hydrogen) atoms. The zero-order chi connectivity index (χ0) is 13.8. The molecule has 0 atom stereocenters. The van der Waals surface area contributed by atoms with Crippen LogP contribution in [-0.4, -0.2) is 18.4 Å². The molecule has 2 rings (SSSR count). The number of nitrogens with two attached hydrogens (primary N) is 1. The largest absolute Gasteiger partial charge is 0.480 e. The molecular formula is C14H11N3O2. The lowest BCUT2D eigenvalue weighted by Crippen LogP contribution is -2.05. The number of ether oxygens (including phenoxy) is 1. The quantitative estimate of drug-likeness (QED) is 0.845. The third-order valence-corrected chi connectivity index (χ3v) is 2.72. The second kappa shape index (κ2) is 5.19. The molecule has 5 nitrogen and oxygen atoms in total. The molecule has 5 heteroatoms. The molecular weight excluding hydrogens is 242 g/mol. The molecule has 0 aliphatic carbocycles. The second-order valence-electron chi connectivity index (χ2n) is 3.77. The van der Waals surface area contributed by atoms with Gasteiger partial charge in [-0.3, -0.25) is 4.79 Å². The van der Waals surface area contributed by atoms with Gasteiger partial charge in [0.05, 0.1) is 12.7 Å². The minimum Gasteiger partial charge on any atom is -0.480 e. The first-order valence-electron chi connectivity index (χ1n) is 5.51. The first-order chi connectivity index (χ1) is 9.22. The summed E-state index contributed by atoms with van der Waals surface area (Å²) in [7, 11) is 1.40. The Labute approximate surface area is 110 Å². The number of anilines is 1. The number of hydrogen-bond donors (Lipinski definition) is 1. The number of nitrogen functional groups attached to an aromatic ring is 1. The Bertz CT molecular complexity index is 661. The highest BCUT2D eigenvalue weighted by molar-refractivity contribution is 5.95. The smallest absolute Gasteiger partial charge is 0.234 e. The number of carbonyl (C=O) groups is 1. The summed E-state index contributed by atoms with van der Waals surface area (Å²) in [5.74, 6) is 0.161. The molecule has 0 radical (unpaired) electrons. The van der Waals surface area contributed by atoms with Crippen LogP contribution in [0, 0.1) is 11.3 Å². The van der Waals surface area contributed by atoms with Crippen LogP contribution >= 0.6 is 0 Å². The minimum absolute atomic E-state index is 0.0460. The summed E-state index contributed by atoms with van der Waals surface area (Å²) in [5, 5.41) is 9.28. The van der Waals surface area contributed by atoms with E-state index in [1.807, 2.05) is 24.3 Å². The maximum absolute atomic E-state index is 11.2. The fourth-order valence-electron chi connectivity index (χ4n) is 1.87. The van der Waals surface area contributed by atoms with Crippen molar-refractivity contribution in [3.8, 4) is 23.1 Å². The maximum atomic E-state index is 11.2. The van der Waals surface area contributed by atoms with E-state index in [0.29, 0.717) is 17.4 Å². The summed E-state index contributed by atoms with van der Waals surface area (Å²) in [6, 6.07) is 11.1. The third kappa shape index (κ3) is 2.11. The number of rotatable bonds is 3. The molecule has 0 saturated heterocycles. The Kier molecular flexibility index (Phi) is 3.44. The van der Waals surface area contributed by atoms with Gasteiger partial charge in [0.15, 0.2) is 6.29 Å². The zero-order valence-electron chi connectivity index (χ0n) is 10.3. The Morgan fingerprint density at radius 3 is 2.58 bits per heavy atom. The molecule has 1 aromatic carbocycles. The number of hydrogen-bond acceptors (Lipinski definition) is 5. The van der Waals surface area contributed by atoms with Crippen molar-refractivity contribution in [1.29, 1.82) is 5.26 Å². The van der Waals surface area contributed by atoms with E-state index in [1.165, 1.54) is 7.11 Å². The molecule has 0 bridgehead atoms. The number of aromatic nitrogens is 1. The highest BCUT2D eigenvalue weighted by Gasteiger charge is 2.19. The van der Waals surface area contributed by atoms with E-state index in [2.05, 4.69) is 4.98 Å². The molecule has 0 spiro atoms. The van der Waals surface area contributed by atoms with Crippen molar-refractivity contribution in [3.05, 3.63) is 41.5 Å². The van der Waals surface area contributed by atoms with Gasteiger partial charge in [0.25, 0.3) is 0 Å². The van der Waals surface area contributed by atoms with E-state index < -0.39 is 0 Å². The molecule has 2 aromatic rings. The number of pyridine rings is 1. The zero-order valence-corrected chi connectivity index (χ0v) is 10.3. The van der Waals surface area contributed by atoms with Gasteiger partial charge in [-0.25, -0.2) is 0 Å². The highest BCUT2D eigenvalue weighted by Crippen LogP contribution is 2.34. The van der Waals surface area contributed by atoms with Crippen LogP contribution in [0.25, 0.3) is 11.1 Å². The number of methoxy groups -OCH3 is 1. The molecule has 0 aliphatic rings. The fraction of sp³-hybridized carbons (Fsp3) is 0.0714. The summed E-state index contributed by atoms with van der Waals surface area (Å²) >= 11 is 0. The fourth-order valence-corrected chi connectivity index (χ4v) is 1.87. The lowest BCUT2D eigenvalue weighted by Gasteiger charge is -2.12. The number of aldehydes is 1. The lowest BCUT2D eigenvalue weighted by atomic mass is 9.96. The number of nitriles is 1. The van der Waals surface area contributed by atoms with Crippen LogP contribution in [0.15, 0.2) is 30.3 Å². The third-order valence-electron chi connectivity index (χ3n) is 2.72. The van der Waals surface area contributed by atoms with Crippen LogP contribution < -0.4 is 10.5 Å². The van der Waals surface area contributed by atoms with Crippen molar-refractivity contribution in [2.24, 2.45) is 0 Å². The van der Waals surface area contributed by atoms with Crippen molar-refractivity contribution in [2.45, 2.75) is 0 Å². The van der Waals surface area contributed by atoms with Crippen molar-refractivity contribution in [2.75, 3.05) is 12.8 Å². The summed E-state index contributed by atoms with van der Waals surface area (Å²) in [5.41, 5.74) is 7.30. The molecule has 1 aromatic heterocycles. The Balaban J connectivity index is 2.87. The van der Waals surface area contributed by atoms with E-state index in [-0.39, 0.29) is 22.8 Å². The molecule has 1 heterocycles. The minimum atomic E-state index is 0.0460. The van der Waals surface area contributed by atoms with Gasteiger partial charge in [0.2, 0.25) is 5.88 Å². The molecule has 0 aliphatic heterocycles. The van der Waals surface area contributed by atoms with Crippen LogP contribution in [-0.2, 0) is 0 Å². The Hall–Kier alpha value is -2.87. The first kappa shape index (κ1) is 12.6. The average Bonchev–Trinajstić information content (AvgIpc) is 2.46. The molecule has 94 valence electrons. The van der Waals surface area contributed by atoms with Crippen molar-refractivity contribution >= 4 is 12.1 Å². The monoisotopic (exact) mass is 253 g/mol. The lowest BCUT2D eigenvalue weighted by molar-refractivity contribution is 0.112. The standard InChI is InChI=1S/C14H11N3O2/c1-19-14-10(7-15)12(9-5-3-2-4-6-9)11(8-18)13(16)17-14/h2-6,8H,1H3,(H2,16,17). The van der Waals surface area contributed by atoms with Crippen LogP contribution in [0.2, 0.25) is 0 Å². The van der Waals surface area contributed by atoms with Gasteiger partial charge >= 0.3 is 0 Å². The van der Waals surface area contributed by atoms with Gasteiger partial charge < -0.3 is 10.5 Å². The molecule has 0 unspecified atom stereocenters. The summed E-state index contributed by atoms with van der Waals surface area (Å²) < 4.78 is 5.05. The van der Waals surface area contributed by atoms with E-state index in [9.17, 15) is 10.1 Å². The maximum Gasteiger partial charge on any atom is 0.234 e. The summed E-state index contributed by atoms with van der Waals surface area (Å²) in [6.45, 7) is 0. The van der Waals surface area contributed by atoms with Gasteiger partial charge in [0, 0.05) is 5.56 Å². The first-order valence-corrected chi connectivity index (χ1v) is 5.51. The number of carbonyl (C=O) groups excluding carboxylic acids is 1. The van der Waals surface area contributed by atoms with Gasteiger partial charge in [-0.1, -0.05) is 30.3 Å². The van der Waals surface area contributed by atoms with Gasteiger partial charge in [0.1, 0.15) is 17.5 Å². The van der Waals surface area contributed by atoms with E-state index in [0.717, 1.165) is 0 Å². The van der Waals surface area contributed by atoms with Gasteiger partial charge in [-0.2, -0.15) is 10.2 Å². The molecule has 0 amide bonds. The average molecular weight is 253 g/mol. The normalized spacial score (nSPS) is 9.68. The van der Waals surface area contributed by atoms with Crippen molar-refractivity contribution < 1.29 is 9.53 Å². The van der Waals surface area contributed by atoms with Crippen molar-refractivity contribution in [1.82, 2.24) is 4.98 Å². The van der Waals surface area contributed by atoms with Gasteiger partial charge in [-0.05, 0) is 5.56 Å². The van der Waals surface area contributed by atoms with E-state index in [4.69, 9.17) is 10.5 Å². The summed E-state index contributed by atoms with van der Waals surface area (Å²) in [4.78, 5) is 15.1. The molecule has 2 N–H and O–H groups in total. The highest BCUT2D eigenvalue weighted by atomic mass is 16.5. The topological polar surface area (TPSA) is 89.0 Å². The predicted octanol–water partition coefficient (Wildman–Crippen LogP) is 2.02. The predicted molar refractivity (Wildman–Crippen MR) is 70.7 cm³/mol. The van der Waals surface area contributed by atoms with Gasteiger partial charge in [-0.15, -0.1) is 0 Å². The molecule has 0 fully saturated rings. The Morgan fingerprint density at radius 2 is 2.05 bits per heavy atom. The summed E-state index contributed by atoms with van der Waals surface area (Å²) in [6.07, 6.45) is 0.602. The van der Waals surface area contributed by atoms with Crippen LogP contribution in [0.5, 0.6) is 5.88 Å². The number of nitrogens with zero attached hydrogens (tertiary/aromatic N) is 2. The van der Waals surface area contributed by atoms with Crippen molar-refractivity contribution in [3.63, 3.8) is 0 Å². The van der Waals surface area contributed by atoms with Crippen LogP contribution in [0.1, 0.15) is 15.9 Å². The van der Waals surface area contributed by atoms with Crippen LogP contribution in [0.4, 0.5) is 5.82 Å². The van der Waals surface area contributed by atoms with E-state index in [1.54, 1.807) is 12.1 Å². The SMILES string of the molecule is COc1nc(N)c(C=O)c(-c2ccccc2)c1C#N.